The van der Waals surface area contributed by atoms with E-state index >= 15 is 0 Å². The molecule has 2 aromatic carbocycles. The van der Waals surface area contributed by atoms with Crippen molar-refractivity contribution in [2.45, 2.75) is 44.6 Å². The van der Waals surface area contributed by atoms with Crippen LogP contribution in [0.1, 0.15) is 43.4 Å². The third-order valence-electron chi connectivity index (χ3n) is 5.35. The van der Waals surface area contributed by atoms with Gasteiger partial charge in [-0.3, -0.25) is 0 Å². The summed E-state index contributed by atoms with van der Waals surface area (Å²) in [6.07, 6.45) is -10.5. The van der Waals surface area contributed by atoms with Crippen LogP contribution in [0.3, 0.4) is 0 Å². The summed E-state index contributed by atoms with van der Waals surface area (Å²) in [6.45, 7) is 5.45. The molecule has 0 aromatic heterocycles. The number of ether oxygens (including phenoxy) is 2. The third-order valence-corrected chi connectivity index (χ3v) is 5.35. The molecule has 0 unspecified atom stereocenters. The molecule has 2 aromatic rings. The van der Waals surface area contributed by atoms with E-state index in [4.69, 9.17) is 9.47 Å². The highest BCUT2D eigenvalue weighted by molar-refractivity contribution is 5.68. The van der Waals surface area contributed by atoms with Crippen LogP contribution in [-0.2, 0) is 17.1 Å². The Balaban J connectivity index is 1.84. The molecule has 186 valence electrons. The quantitative estimate of drug-likeness (QED) is 0.446. The molecule has 1 amide bonds. The van der Waals surface area contributed by atoms with E-state index in [1.54, 1.807) is 20.8 Å². The van der Waals surface area contributed by atoms with Gasteiger partial charge in [0.1, 0.15) is 11.4 Å². The lowest BCUT2D eigenvalue weighted by molar-refractivity contribution is -0.143. The smallest absolute Gasteiger partial charge is 0.416 e. The zero-order valence-corrected chi connectivity index (χ0v) is 18.8. The SMILES string of the molecule is CC(C)(C)OC(=O)N1C[C@H](COc2cc(C(F)(F)F)cc(C(F)(F)F)c2)[C@@H](c2ccccc2)C1. The number of benzene rings is 2. The van der Waals surface area contributed by atoms with Crippen molar-refractivity contribution in [2.75, 3.05) is 19.7 Å². The largest absolute Gasteiger partial charge is 0.493 e. The molecule has 0 radical (unpaired) electrons. The van der Waals surface area contributed by atoms with Gasteiger partial charge in [-0.1, -0.05) is 30.3 Å². The minimum Gasteiger partial charge on any atom is -0.493 e. The molecule has 10 heteroatoms. The van der Waals surface area contributed by atoms with Gasteiger partial charge >= 0.3 is 18.4 Å². The lowest BCUT2D eigenvalue weighted by Gasteiger charge is -2.24. The number of hydrogen-bond acceptors (Lipinski definition) is 3. The third kappa shape index (κ3) is 6.57. The fraction of sp³-hybridized carbons (Fsp3) is 0.458. The van der Waals surface area contributed by atoms with Crippen molar-refractivity contribution in [3.8, 4) is 5.75 Å². The van der Waals surface area contributed by atoms with Crippen molar-refractivity contribution in [2.24, 2.45) is 5.92 Å². The van der Waals surface area contributed by atoms with E-state index in [1.165, 1.54) is 4.90 Å². The zero-order chi connectivity index (χ0) is 25.3. The van der Waals surface area contributed by atoms with Gasteiger partial charge in [0.15, 0.2) is 0 Å². The number of amides is 1. The van der Waals surface area contributed by atoms with E-state index in [-0.39, 0.29) is 37.6 Å². The Morgan fingerprint density at radius 1 is 0.912 bits per heavy atom. The molecule has 1 saturated heterocycles. The summed E-state index contributed by atoms with van der Waals surface area (Å²) in [5.74, 6) is -1.15. The predicted octanol–water partition coefficient (Wildman–Crippen LogP) is 6.75. The molecule has 1 aliphatic heterocycles. The number of hydrogen-bond donors (Lipinski definition) is 0. The molecule has 1 fully saturated rings. The van der Waals surface area contributed by atoms with E-state index in [2.05, 4.69) is 0 Å². The molecule has 1 aliphatic rings. The van der Waals surface area contributed by atoms with E-state index in [1.807, 2.05) is 30.3 Å². The number of nitrogens with zero attached hydrogens (tertiary/aromatic N) is 1. The summed E-state index contributed by atoms with van der Waals surface area (Å²) in [7, 11) is 0. The van der Waals surface area contributed by atoms with Gasteiger partial charge in [0, 0.05) is 24.9 Å². The van der Waals surface area contributed by atoms with E-state index < -0.39 is 40.9 Å². The normalized spacial score (nSPS) is 19.3. The maximum absolute atomic E-state index is 13.2. The molecule has 4 nitrogen and oxygen atoms in total. The number of alkyl halides is 6. The van der Waals surface area contributed by atoms with Crippen molar-refractivity contribution in [3.63, 3.8) is 0 Å². The van der Waals surface area contributed by atoms with Crippen LogP contribution in [-0.4, -0.2) is 36.3 Å². The zero-order valence-electron chi connectivity index (χ0n) is 18.8. The Hall–Kier alpha value is -2.91. The summed E-state index contributed by atoms with van der Waals surface area (Å²) in [5, 5.41) is 0. The lowest BCUT2D eigenvalue weighted by atomic mass is 9.89. The summed E-state index contributed by atoms with van der Waals surface area (Å²) < 4.78 is 89.8. The Bertz CT molecular complexity index is 966. The molecular weight excluding hydrogens is 464 g/mol. The van der Waals surface area contributed by atoms with E-state index in [0.29, 0.717) is 12.1 Å². The first-order valence-electron chi connectivity index (χ1n) is 10.6. The van der Waals surface area contributed by atoms with Crippen molar-refractivity contribution in [1.82, 2.24) is 4.90 Å². The lowest BCUT2D eigenvalue weighted by Crippen LogP contribution is -2.35. The molecule has 3 rings (SSSR count). The first kappa shape index (κ1) is 25.7. The molecule has 0 N–H and O–H groups in total. The molecule has 1 heterocycles. The Morgan fingerprint density at radius 2 is 1.47 bits per heavy atom. The van der Waals surface area contributed by atoms with Crippen LogP contribution in [0.2, 0.25) is 0 Å². The highest BCUT2D eigenvalue weighted by Gasteiger charge is 2.40. The molecule has 34 heavy (non-hydrogen) atoms. The minimum atomic E-state index is -4.97. The monoisotopic (exact) mass is 489 g/mol. The first-order valence-corrected chi connectivity index (χ1v) is 10.6. The van der Waals surface area contributed by atoms with Gasteiger partial charge in [-0.05, 0) is 44.5 Å². The minimum absolute atomic E-state index is 0.0550. The summed E-state index contributed by atoms with van der Waals surface area (Å²) in [6, 6.07) is 10.3. The van der Waals surface area contributed by atoms with Gasteiger partial charge in [0.05, 0.1) is 17.7 Å². The molecule has 0 saturated carbocycles. The predicted molar refractivity (Wildman–Crippen MR) is 112 cm³/mol. The van der Waals surface area contributed by atoms with Gasteiger partial charge in [-0.15, -0.1) is 0 Å². The maximum Gasteiger partial charge on any atom is 0.416 e. The van der Waals surface area contributed by atoms with Gasteiger partial charge in [0.25, 0.3) is 0 Å². The second kappa shape index (κ2) is 9.38. The molecule has 2 atom stereocenters. The van der Waals surface area contributed by atoms with Crippen molar-refractivity contribution >= 4 is 6.09 Å². The Labute approximate surface area is 193 Å². The van der Waals surface area contributed by atoms with Crippen molar-refractivity contribution < 1.29 is 40.6 Å². The highest BCUT2D eigenvalue weighted by Crippen LogP contribution is 2.39. The molecule has 0 spiro atoms. The Kier molecular flexibility index (Phi) is 7.10. The average molecular weight is 489 g/mol. The van der Waals surface area contributed by atoms with Crippen LogP contribution in [0, 0.1) is 5.92 Å². The standard InChI is InChI=1S/C24H25F6NO3/c1-22(2,3)34-21(32)31-12-16(20(13-31)15-7-5-4-6-8-15)14-33-19-10-17(23(25,26)27)9-18(11-19)24(28,29)30/h4-11,16,20H,12-14H2,1-3H3/t16-,20-/m1/s1. The number of rotatable bonds is 4. The van der Waals surface area contributed by atoms with Gasteiger partial charge in [0.2, 0.25) is 0 Å². The summed E-state index contributed by atoms with van der Waals surface area (Å²) >= 11 is 0. The highest BCUT2D eigenvalue weighted by atomic mass is 19.4. The average Bonchev–Trinajstić information content (AvgIpc) is 3.15. The fourth-order valence-corrected chi connectivity index (χ4v) is 3.81. The number of carbonyl (C=O) groups excluding carboxylic acids is 1. The van der Waals surface area contributed by atoms with Gasteiger partial charge in [-0.25, -0.2) is 4.79 Å². The second-order valence-electron chi connectivity index (χ2n) is 9.22. The van der Waals surface area contributed by atoms with E-state index in [9.17, 15) is 31.1 Å². The number of halogens is 6. The van der Waals surface area contributed by atoms with Crippen molar-refractivity contribution in [3.05, 3.63) is 65.2 Å². The van der Waals surface area contributed by atoms with Crippen LogP contribution in [0.4, 0.5) is 31.1 Å². The van der Waals surface area contributed by atoms with Crippen molar-refractivity contribution in [1.29, 1.82) is 0 Å². The summed E-state index contributed by atoms with van der Waals surface area (Å²) in [5.41, 5.74) is -2.74. The number of likely N-dealkylation sites (tertiary alicyclic amines) is 1. The topological polar surface area (TPSA) is 38.8 Å². The van der Waals surface area contributed by atoms with Crippen LogP contribution >= 0.6 is 0 Å². The van der Waals surface area contributed by atoms with Crippen LogP contribution in [0.15, 0.2) is 48.5 Å². The van der Waals surface area contributed by atoms with Crippen LogP contribution in [0.5, 0.6) is 5.75 Å². The van der Waals surface area contributed by atoms with Gasteiger partial charge < -0.3 is 14.4 Å². The molecule has 0 bridgehead atoms. The fourth-order valence-electron chi connectivity index (χ4n) is 3.81. The summed E-state index contributed by atoms with van der Waals surface area (Å²) in [4.78, 5) is 14.1. The molecular formula is C24H25F6NO3. The van der Waals surface area contributed by atoms with Crippen LogP contribution < -0.4 is 4.74 Å². The second-order valence-corrected chi connectivity index (χ2v) is 9.22. The van der Waals surface area contributed by atoms with Crippen LogP contribution in [0.25, 0.3) is 0 Å². The van der Waals surface area contributed by atoms with E-state index in [0.717, 1.165) is 5.56 Å². The molecule has 0 aliphatic carbocycles. The number of carbonyl (C=O) groups is 1. The maximum atomic E-state index is 13.2. The Morgan fingerprint density at radius 3 is 1.97 bits per heavy atom. The van der Waals surface area contributed by atoms with Gasteiger partial charge in [-0.2, -0.15) is 26.3 Å². The first-order chi connectivity index (χ1) is 15.6.